The van der Waals surface area contributed by atoms with Crippen LogP contribution in [0.3, 0.4) is 0 Å². The molecule has 4 nitrogen and oxygen atoms in total. The molecule has 0 amide bonds. The maximum atomic E-state index is 7.47. The van der Waals surface area contributed by atoms with Crippen LogP contribution in [0.5, 0.6) is 0 Å². The Balaban J connectivity index is 2.32. The van der Waals surface area contributed by atoms with Crippen LogP contribution in [0.1, 0.15) is 19.3 Å². The van der Waals surface area contributed by atoms with Gasteiger partial charge in [0.15, 0.2) is 0 Å². The SMILES string of the molecule is CNNN1CCCCC1=N. The molecule has 1 fully saturated rings. The van der Waals surface area contributed by atoms with E-state index in [2.05, 4.69) is 11.0 Å². The first kappa shape index (κ1) is 7.50. The molecule has 1 heterocycles. The van der Waals surface area contributed by atoms with Crippen molar-refractivity contribution in [2.45, 2.75) is 19.3 Å². The van der Waals surface area contributed by atoms with Gasteiger partial charge in [-0.2, -0.15) is 5.53 Å². The third-order valence-electron chi connectivity index (χ3n) is 1.62. The van der Waals surface area contributed by atoms with Gasteiger partial charge in [0.05, 0.1) is 0 Å². The summed E-state index contributed by atoms with van der Waals surface area (Å²) in [5.41, 5.74) is 5.70. The Morgan fingerprint density at radius 2 is 2.30 bits per heavy atom. The topological polar surface area (TPSA) is 51.1 Å². The minimum atomic E-state index is 0.681. The molecule has 1 rings (SSSR count). The Hall–Kier alpha value is -0.610. The smallest absolute Gasteiger partial charge is 0.111 e. The van der Waals surface area contributed by atoms with Crippen molar-refractivity contribution in [2.24, 2.45) is 0 Å². The maximum absolute atomic E-state index is 7.47. The number of nitrogens with one attached hydrogen (secondary N) is 3. The fourth-order valence-electron chi connectivity index (χ4n) is 1.09. The normalized spacial score (nSPS) is 19.7. The van der Waals surface area contributed by atoms with Gasteiger partial charge in [0.2, 0.25) is 0 Å². The Bertz CT molecular complexity index is 121. The van der Waals surface area contributed by atoms with E-state index in [1.807, 2.05) is 12.1 Å². The molecule has 10 heavy (non-hydrogen) atoms. The predicted molar refractivity (Wildman–Crippen MR) is 40.5 cm³/mol. The van der Waals surface area contributed by atoms with E-state index in [4.69, 9.17) is 5.41 Å². The summed E-state index contributed by atoms with van der Waals surface area (Å²) in [6.07, 6.45) is 3.23. The van der Waals surface area contributed by atoms with Crippen molar-refractivity contribution in [3.8, 4) is 0 Å². The molecule has 3 N–H and O–H groups in total. The minimum absolute atomic E-state index is 0.681. The molecule has 0 aliphatic carbocycles. The Morgan fingerprint density at radius 1 is 1.50 bits per heavy atom. The number of rotatable bonds is 2. The van der Waals surface area contributed by atoms with Gasteiger partial charge in [-0.15, -0.1) is 0 Å². The van der Waals surface area contributed by atoms with Crippen molar-refractivity contribution in [3.05, 3.63) is 0 Å². The monoisotopic (exact) mass is 142 g/mol. The Kier molecular flexibility index (Phi) is 2.65. The van der Waals surface area contributed by atoms with Crippen LogP contribution < -0.4 is 11.0 Å². The minimum Gasteiger partial charge on any atom is -0.287 e. The lowest BCUT2D eigenvalue weighted by Gasteiger charge is -2.28. The molecule has 0 spiro atoms. The van der Waals surface area contributed by atoms with Crippen molar-refractivity contribution in [2.75, 3.05) is 13.6 Å². The third-order valence-corrected chi connectivity index (χ3v) is 1.62. The molecule has 1 aliphatic rings. The summed E-state index contributed by atoms with van der Waals surface area (Å²) in [6, 6.07) is 0. The molecule has 0 bridgehead atoms. The number of hydrogen-bond donors (Lipinski definition) is 3. The highest BCUT2D eigenvalue weighted by atomic mass is 15.7. The average Bonchev–Trinajstić information content (AvgIpc) is 1.94. The second-order valence-electron chi connectivity index (χ2n) is 2.42. The van der Waals surface area contributed by atoms with Crippen molar-refractivity contribution in [3.63, 3.8) is 0 Å². The Morgan fingerprint density at radius 3 is 2.90 bits per heavy atom. The molecule has 0 radical (unpaired) electrons. The van der Waals surface area contributed by atoms with E-state index in [9.17, 15) is 0 Å². The van der Waals surface area contributed by atoms with Crippen molar-refractivity contribution in [1.82, 2.24) is 16.0 Å². The standard InChI is InChI=1S/C6H14N4/c1-8-9-10-5-3-2-4-6(10)7/h7-9H,2-5H2,1H3. The number of hydrazine groups is 2. The fourth-order valence-corrected chi connectivity index (χ4v) is 1.09. The van der Waals surface area contributed by atoms with Crippen LogP contribution in [0.25, 0.3) is 0 Å². The zero-order valence-corrected chi connectivity index (χ0v) is 6.28. The predicted octanol–water partition coefficient (Wildman–Crippen LogP) is 0.0886. The molecule has 0 atom stereocenters. The van der Waals surface area contributed by atoms with Crippen LogP contribution in [0.4, 0.5) is 0 Å². The van der Waals surface area contributed by atoms with Crippen molar-refractivity contribution in [1.29, 1.82) is 5.41 Å². The molecule has 58 valence electrons. The lowest BCUT2D eigenvalue weighted by atomic mass is 10.1. The molecule has 0 aromatic heterocycles. The lowest BCUT2D eigenvalue weighted by molar-refractivity contribution is 0.241. The summed E-state index contributed by atoms with van der Waals surface area (Å²) in [5.74, 6) is 0.681. The van der Waals surface area contributed by atoms with E-state index in [1.54, 1.807) is 0 Å². The summed E-state index contributed by atoms with van der Waals surface area (Å²) in [5, 5.41) is 9.31. The summed E-state index contributed by atoms with van der Waals surface area (Å²) >= 11 is 0. The largest absolute Gasteiger partial charge is 0.287 e. The first-order valence-electron chi connectivity index (χ1n) is 3.62. The van der Waals surface area contributed by atoms with Gasteiger partial charge in [0.25, 0.3) is 0 Å². The van der Waals surface area contributed by atoms with Gasteiger partial charge < -0.3 is 0 Å². The zero-order valence-electron chi connectivity index (χ0n) is 6.28. The van der Waals surface area contributed by atoms with Crippen LogP contribution >= 0.6 is 0 Å². The van der Waals surface area contributed by atoms with Gasteiger partial charge in [0.1, 0.15) is 5.84 Å². The molecule has 1 saturated heterocycles. The van der Waals surface area contributed by atoms with Crippen molar-refractivity contribution < 1.29 is 0 Å². The molecule has 0 unspecified atom stereocenters. The average molecular weight is 142 g/mol. The van der Waals surface area contributed by atoms with Gasteiger partial charge in [-0.25, -0.2) is 5.43 Å². The molecule has 1 aliphatic heterocycles. The van der Waals surface area contributed by atoms with E-state index < -0.39 is 0 Å². The highest BCUT2D eigenvalue weighted by molar-refractivity contribution is 5.79. The highest BCUT2D eigenvalue weighted by Gasteiger charge is 2.12. The highest BCUT2D eigenvalue weighted by Crippen LogP contribution is 2.07. The van der Waals surface area contributed by atoms with Crippen LogP contribution in [-0.4, -0.2) is 24.4 Å². The van der Waals surface area contributed by atoms with E-state index in [-0.39, 0.29) is 0 Å². The van der Waals surface area contributed by atoms with E-state index >= 15 is 0 Å². The molecule has 0 aromatic rings. The molecular formula is C6H14N4. The number of nitrogens with zero attached hydrogens (tertiary/aromatic N) is 1. The number of amidine groups is 1. The number of piperidine rings is 1. The summed E-state index contributed by atoms with van der Waals surface area (Å²) in [7, 11) is 1.81. The van der Waals surface area contributed by atoms with E-state index in [0.717, 1.165) is 19.4 Å². The third kappa shape index (κ3) is 1.68. The number of hydrogen-bond acceptors (Lipinski definition) is 3. The van der Waals surface area contributed by atoms with Crippen LogP contribution in [0.15, 0.2) is 0 Å². The van der Waals surface area contributed by atoms with E-state index in [1.165, 1.54) is 6.42 Å². The first-order valence-corrected chi connectivity index (χ1v) is 3.62. The van der Waals surface area contributed by atoms with Crippen molar-refractivity contribution >= 4 is 5.84 Å². The lowest BCUT2D eigenvalue weighted by Crippen LogP contribution is -2.50. The summed E-state index contributed by atoms with van der Waals surface area (Å²) in [6.45, 7) is 0.944. The zero-order chi connectivity index (χ0) is 7.40. The molecule has 0 saturated carbocycles. The molecule has 0 aromatic carbocycles. The van der Waals surface area contributed by atoms with Gasteiger partial charge in [0, 0.05) is 20.0 Å². The molecule has 4 heteroatoms. The van der Waals surface area contributed by atoms with Gasteiger partial charge in [-0.05, 0) is 12.8 Å². The van der Waals surface area contributed by atoms with Crippen LogP contribution in [0, 0.1) is 5.41 Å². The van der Waals surface area contributed by atoms with Gasteiger partial charge >= 0.3 is 0 Å². The van der Waals surface area contributed by atoms with Crippen LogP contribution in [0.2, 0.25) is 0 Å². The summed E-state index contributed by atoms with van der Waals surface area (Å²) < 4.78 is 0. The fraction of sp³-hybridized carbons (Fsp3) is 0.833. The van der Waals surface area contributed by atoms with Crippen LogP contribution in [-0.2, 0) is 0 Å². The Labute approximate surface area is 61.0 Å². The van der Waals surface area contributed by atoms with Gasteiger partial charge in [-0.1, -0.05) is 0 Å². The van der Waals surface area contributed by atoms with Gasteiger partial charge in [-0.3, -0.25) is 10.4 Å². The van der Waals surface area contributed by atoms with E-state index in [0.29, 0.717) is 5.84 Å². The quantitative estimate of drug-likeness (QED) is 0.479. The first-order chi connectivity index (χ1) is 4.84. The summed E-state index contributed by atoms with van der Waals surface area (Å²) in [4.78, 5) is 0. The second kappa shape index (κ2) is 3.53. The molecular weight excluding hydrogens is 128 g/mol. The second-order valence-corrected chi connectivity index (χ2v) is 2.42. The maximum Gasteiger partial charge on any atom is 0.111 e.